The van der Waals surface area contributed by atoms with Gasteiger partial charge in [0.1, 0.15) is 0 Å². The van der Waals surface area contributed by atoms with Crippen LogP contribution in [-0.4, -0.2) is 24.4 Å². The number of aromatic nitrogens is 2. The minimum atomic E-state index is -3.36. The quantitative estimate of drug-likeness (QED) is 0.707. The van der Waals surface area contributed by atoms with E-state index >= 15 is 0 Å². The molecule has 2 rings (SSSR count). The Balaban J connectivity index is 2.14. The smallest absolute Gasteiger partial charge is 0.233 e. The normalized spacial score (nSPS) is 11.3. The van der Waals surface area contributed by atoms with Crippen molar-refractivity contribution in [1.82, 2.24) is 10.2 Å². The van der Waals surface area contributed by atoms with Crippen molar-refractivity contribution < 1.29 is 8.42 Å². The van der Waals surface area contributed by atoms with Crippen molar-refractivity contribution in [2.75, 3.05) is 15.8 Å². The summed E-state index contributed by atoms with van der Waals surface area (Å²) in [6.07, 6.45) is 3.28. The maximum Gasteiger partial charge on any atom is 0.233 e. The highest BCUT2D eigenvalue weighted by Crippen LogP contribution is 2.25. The molecule has 1 heterocycles. The zero-order chi connectivity index (χ0) is 18.3. The summed E-state index contributed by atoms with van der Waals surface area (Å²) >= 11 is 0. The first-order valence-electron chi connectivity index (χ1n) is 8.71. The van der Waals surface area contributed by atoms with Gasteiger partial charge in [0, 0.05) is 5.69 Å². The van der Waals surface area contributed by atoms with Crippen LogP contribution in [-0.2, 0) is 22.9 Å². The Kier molecular flexibility index (Phi) is 6.75. The summed E-state index contributed by atoms with van der Waals surface area (Å²) in [5, 5.41) is 11.4. The van der Waals surface area contributed by atoms with Crippen molar-refractivity contribution in [3.8, 4) is 0 Å². The third kappa shape index (κ3) is 5.42. The van der Waals surface area contributed by atoms with Gasteiger partial charge in [-0.15, -0.1) is 10.2 Å². The van der Waals surface area contributed by atoms with E-state index in [1.165, 1.54) is 11.1 Å². The first kappa shape index (κ1) is 19.2. The van der Waals surface area contributed by atoms with Crippen LogP contribution in [0.2, 0.25) is 0 Å². The number of para-hydroxylation sites is 1. The highest BCUT2D eigenvalue weighted by molar-refractivity contribution is 7.92. The molecule has 0 saturated carbocycles. The predicted octanol–water partition coefficient (Wildman–Crippen LogP) is 3.89. The number of rotatable bonds is 9. The number of anilines is 3. The van der Waals surface area contributed by atoms with Crippen LogP contribution in [0.25, 0.3) is 0 Å². The Morgan fingerprint density at radius 2 is 1.52 bits per heavy atom. The third-order valence-electron chi connectivity index (χ3n) is 3.94. The van der Waals surface area contributed by atoms with Gasteiger partial charge in [-0.3, -0.25) is 4.72 Å². The molecule has 0 aliphatic carbocycles. The average Bonchev–Trinajstić information content (AvgIpc) is 2.61. The molecule has 0 fully saturated rings. The van der Waals surface area contributed by atoms with Crippen LogP contribution in [0.3, 0.4) is 0 Å². The summed E-state index contributed by atoms with van der Waals surface area (Å²) in [4.78, 5) is 0. The van der Waals surface area contributed by atoms with Crippen molar-refractivity contribution in [2.24, 2.45) is 0 Å². The molecule has 7 heteroatoms. The van der Waals surface area contributed by atoms with Crippen molar-refractivity contribution in [1.29, 1.82) is 0 Å². The van der Waals surface area contributed by atoms with Crippen LogP contribution in [0.4, 0.5) is 17.3 Å². The number of benzene rings is 1. The maximum atomic E-state index is 11.9. The fourth-order valence-electron chi connectivity index (χ4n) is 2.53. The van der Waals surface area contributed by atoms with E-state index in [0.717, 1.165) is 24.9 Å². The molecular weight excluding hydrogens is 336 g/mol. The highest BCUT2D eigenvalue weighted by Gasteiger charge is 2.11. The first-order chi connectivity index (χ1) is 12.0. The molecule has 0 spiro atoms. The predicted molar refractivity (Wildman–Crippen MR) is 103 cm³/mol. The van der Waals surface area contributed by atoms with Crippen LogP contribution in [0.1, 0.15) is 44.7 Å². The van der Waals surface area contributed by atoms with E-state index in [1.807, 2.05) is 6.92 Å². The number of unbranched alkanes of at least 4 members (excludes halogenated alkanes) is 1. The van der Waals surface area contributed by atoms with Crippen molar-refractivity contribution in [3.63, 3.8) is 0 Å². The Morgan fingerprint density at radius 3 is 2.04 bits per heavy atom. The lowest BCUT2D eigenvalue weighted by Crippen LogP contribution is -2.17. The van der Waals surface area contributed by atoms with Gasteiger partial charge in [0.05, 0.1) is 5.75 Å². The Bertz CT molecular complexity index is 767. The largest absolute Gasteiger partial charge is 0.338 e. The topological polar surface area (TPSA) is 84.0 Å². The average molecular weight is 362 g/mol. The van der Waals surface area contributed by atoms with E-state index < -0.39 is 10.0 Å². The second kappa shape index (κ2) is 8.80. The van der Waals surface area contributed by atoms with Gasteiger partial charge in [0.25, 0.3) is 0 Å². The molecule has 0 saturated heterocycles. The molecule has 2 aromatic rings. The number of nitrogens with zero attached hydrogens (tertiary/aromatic N) is 2. The lowest BCUT2D eigenvalue weighted by atomic mass is 10.0. The van der Waals surface area contributed by atoms with Crippen LogP contribution in [0.5, 0.6) is 0 Å². The Hall–Kier alpha value is -2.15. The molecule has 0 amide bonds. The van der Waals surface area contributed by atoms with E-state index in [-0.39, 0.29) is 11.6 Å². The van der Waals surface area contributed by atoms with Crippen molar-refractivity contribution >= 4 is 27.3 Å². The van der Waals surface area contributed by atoms with Gasteiger partial charge < -0.3 is 5.32 Å². The molecule has 1 aromatic carbocycles. The van der Waals surface area contributed by atoms with Crippen LogP contribution in [0.15, 0.2) is 30.3 Å². The second-order valence-electron chi connectivity index (χ2n) is 5.86. The molecule has 0 bridgehead atoms. The van der Waals surface area contributed by atoms with E-state index in [9.17, 15) is 8.42 Å². The molecule has 25 heavy (non-hydrogen) atoms. The van der Waals surface area contributed by atoms with Gasteiger partial charge in [-0.25, -0.2) is 8.42 Å². The summed E-state index contributed by atoms with van der Waals surface area (Å²) in [5.74, 6) is 0.919. The van der Waals surface area contributed by atoms with E-state index in [1.54, 1.807) is 12.1 Å². The Labute approximate surface area is 150 Å². The van der Waals surface area contributed by atoms with Crippen molar-refractivity contribution in [2.45, 2.75) is 46.5 Å². The minimum Gasteiger partial charge on any atom is -0.338 e. The summed E-state index contributed by atoms with van der Waals surface area (Å²) < 4.78 is 26.3. The minimum absolute atomic E-state index is 0.0922. The van der Waals surface area contributed by atoms with Crippen LogP contribution >= 0.6 is 0 Å². The number of sulfonamides is 1. The van der Waals surface area contributed by atoms with Crippen LogP contribution in [0, 0.1) is 0 Å². The number of nitrogens with one attached hydrogen (secondary N) is 2. The van der Waals surface area contributed by atoms with Crippen molar-refractivity contribution in [3.05, 3.63) is 41.5 Å². The zero-order valence-corrected chi connectivity index (χ0v) is 15.9. The molecule has 0 unspecified atom stereocenters. The monoisotopic (exact) mass is 362 g/mol. The molecule has 0 atom stereocenters. The summed E-state index contributed by atoms with van der Waals surface area (Å²) in [5.41, 5.74) is 3.48. The molecule has 2 N–H and O–H groups in total. The molecule has 6 nitrogen and oxygen atoms in total. The SMILES string of the molecule is CCCCS(=O)(=O)Nc1ccc(Nc2c(CC)cccc2CC)nn1. The van der Waals surface area contributed by atoms with E-state index in [0.29, 0.717) is 12.2 Å². The van der Waals surface area contributed by atoms with Gasteiger partial charge in [-0.05, 0) is 42.5 Å². The van der Waals surface area contributed by atoms with E-state index in [4.69, 9.17) is 0 Å². The highest BCUT2D eigenvalue weighted by atomic mass is 32.2. The van der Waals surface area contributed by atoms with Gasteiger partial charge in [-0.1, -0.05) is 45.4 Å². The summed E-state index contributed by atoms with van der Waals surface area (Å²) in [6.45, 7) is 6.17. The standard InChI is InChI=1S/C18H26N4O2S/c1-4-7-13-25(23,24)22-17-12-11-16(20-21-17)19-18-14(5-2)9-8-10-15(18)6-3/h8-12H,4-7,13H2,1-3H3,(H,19,20)(H,21,22). The fourth-order valence-corrected chi connectivity index (χ4v) is 3.73. The van der Waals surface area contributed by atoms with Gasteiger partial charge >= 0.3 is 0 Å². The summed E-state index contributed by atoms with van der Waals surface area (Å²) in [6, 6.07) is 9.59. The molecule has 1 aromatic heterocycles. The molecular formula is C18H26N4O2S. The van der Waals surface area contributed by atoms with Gasteiger partial charge in [0.2, 0.25) is 10.0 Å². The molecule has 0 radical (unpaired) electrons. The van der Waals surface area contributed by atoms with E-state index in [2.05, 4.69) is 52.3 Å². The van der Waals surface area contributed by atoms with Gasteiger partial charge in [0.15, 0.2) is 11.6 Å². The Morgan fingerprint density at radius 1 is 0.920 bits per heavy atom. The number of hydrogen-bond donors (Lipinski definition) is 2. The fraction of sp³-hybridized carbons (Fsp3) is 0.444. The number of hydrogen-bond acceptors (Lipinski definition) is 5. The molecule has 0 aliphatic heterocycles. The second-order valence-corrected chi connectivity index (χ2v) is 7.70. The zero-order valence-electron chi connectivity index (χ0n) is 15.0. The summed E-state index contributed by atoms with van der Waals surface area (Å²) in [7, 11) is -3.36. The van der Waals surface area contributed by atoms with Gasteiger partial charge in [-0.2, -0.15) is 0 Å². The third-order valence-corrected chi connectivity index (χ3v) is 5.29. The van der Waals surface area contributed by atoms with Crippen LogP contribution < -0.4 is 10.0 Å². The number of aryl methyl sites for hydroxylation is 2. The first-order valence-corrected chi connectivity index (χ1v) is 10.4. The molecule has 136 valence electrons. The maximum absolute atomic E-state index is 11.9. The lowest BCUT2D eigenvalue weighted by Gasteiger charge is -2.14. The lowest BCUT2D eigenvalue weighted by molar-refractivity contribution is 0.597. The molecule has 0 aliphatic rings.